The predicted molar refractivity (Wildman–Crippen MR) is 139 cm³/mol. The lowest BCUT2D eigenvalue weighted by Gasteiger charge is -2.32. The summed E-state index contributed by atoms with van der Waals surface area (Å²) in [4.78, 5) is 28.8. The summed E-state index contributed by atoms with van der Waals surface area (Å²) in [5.41, 5.74) is 2.25. The van der Waals surface area contributed by atoms with Gasteiger partial charge in [-0.1, -0.05) is 60.1 Å². The molecule has 0 heterocycles. The Bertz CT molecular complexity index is 1140. The zero-order valence-electron chi connectivity index (χ0n) is 20.4. The number of carbonyl (C=O) groups excluding carboxylic acids is 2. The van der Waals surface area contributed by atoms with Crippen LogP contribution in [-0.4, -0.2) is 49.2 Å². The first kappa shape index (κ1) is 27.0. The number of aliphatic hydroxyl groups is 1. The van der Waals surface area contributed by atoms with Crippen LogP contribution in [0.2, 0.25) is 5.02 Å². The highest BCUT2D eigenvalue weighted by Gasteiger charge is 2.31. The Morgan fingerprint density at radius 3 is 2.25 bits per heavy atom. The largest absolute Gasteiger partial charge is 0.493 e. The van der Waals surface area contributed by atoms with Crippen LogP contribution in [0.5, 0.6) is 11.5 Å². The number of carbonyl (C=O) groups is 2. The second kappa shape index (κ2) is 13.5. The quantitative estimate of drug-likeness (QED) is 0.357. The van der Waals surface area contributed by atoms with E-state index >= 15 is 0 Å². The third kappa shape index (κ3) is 7.23. The molecule has 2 N–H and O–H groups in total. The topological polar surface area (TPSA) is 88.1 Å². The number of hydrogen-bond acceptors (Lipinski definition) is 5. The van der Waals surface area contributed by atoms with Crippen molar-refractivity contribution < 1.29 is 24.2 Å². The lowest BCUT2D eigenvalue weighted by molar-refractivity contribution is -0.141. The molecule has 0 saturated carbocycles. The molecule has 0 aliphatic carbocycles. The molecule has 0 aromatic heterocycles. The molecule has 0 spiro atoms. The SMILES string of the molecule is COc1ccc(CC(=O)N(Cc2ccc(Cl)cc2)[C@H](C(=O)NCCCO)c2ccccc2)cc1OC. The van der Waals surface area contributed by atoms with Crippen LogP contribution in [0.15, 0.2) is 72.8 Å². The Morgan fingerprint density at radius 1 is 0.944 bits per heavy atom. The first-order valence-corrected chi connectivity index (χ1v) is 12.0. The molecule has 3 aromatic carbocycles. The first-order valence-electron chi connectivity index (χ1n) is 11.6. The summed E-state index contributed by atoms with van der Waals surface area (Å²) < 4.78 is 10.7. The normalized spacial score (nSPS) is 11.4. The summed E-state index contributed by atoms with van der Waals surface area (Å²) >= 11 is 6.06. The van der Waals surface area contributed by atoms with Crippen molar-refractivity contribution in [3.8, 4) is 11.5 Å². The molecule has 7 nitrogen and oxygen atoms in total. The van der Waals surface area contributed by atoms with E-state index in [1.807, 2.05) is 42.5 Å². The molecule has 0 aliphatic rings. The molecule has 8 heteroatoms. The summed E-state index contributed by atoms with van der Waals surface area (Å²) in [6.07, 6.45) is 0.477. The van der Waals surface area contributed by atoms with Crippen molar-refractivity contribution >= 4 is 23.4 Å². The standard InChI is InChI=1S/C28H31ClN2O5/c1-35-24-14-11-21(17-25(24)36-2)18-26(33)31(19-20-9-12-23(29)13-10-20)27(22-7-4-3-5-8-22)28(34)30-15-6-16-32/h3-5,7-14,17,27,32H,6,15-16,18-19H2,1-2H3,(H,30,34)/t27-/m0/s1. The van der Waals surface area contributed by atoms with Gasteiger partial charge in [-0.2, -0.15) is 0 Å². The van der Waals surface area contributed by atoms with E-state index in [1.54, 1.807) is 49.5 Å². The van der Waals surface area contributed by atoms with Gasteiger partial charge in [-0.3, -0.25) is 9.59 Å². The molecule has 190 valence electrons. The van der Waals surface area contributed by atoms with Gasteiger partial charge in [0.25, 0.3) is 0 Å². The minimum absolute atomic E-state index is 0.0387. The van der Waals surface area contributed by atoms with E-state index < -0.39 is 6.04 Å². The molecule has 0 radical (unpaired) electrons. The van der Waals surface area contributed by atoms with Crippen LogP contribution in [0.3, 0.4) is 0 Å². The van der Waals surface area contributed by atoms with Gasteiger partial charge in [-0.15, -0.1) is 0 Å². The summed E-state index contributed by atoms with van der Waals surface area (Å²) in [7, 11) is 3.09. The number of halogens is 1. The maximum Gasteiger partial charge on any atom is 0.247 e. The van der Waals surface area contributed by atoms with Crippen LogP contribution >= 0.6 is 11.6 Å². The van der Waals surface area contributed by atoms with E-state index in [0.29, 0.717) is 35.1 Å². The maximum absolute atomic E-state index is 13.8. The lowest BCUT2D eigenvalue weighted by Crippen LogP contribution is -2.44. The number of aliphatic hydroxyl groups excluding tert-OH is 1. The first-order chi connectivity index (χ1) is 17.5. The summed E-state index contributed by atoms with van der Waals surface area (Å²) in [5.74, 6) is 0.540. The summed E-state index contributed by atoms with van der Waals surface area (Å²) in [6.45, 7) is 0.469. The Kier molecular flexibility index (Phi) is 10.2. The van der Waals surface area contributed by atoms with E-state index in [1.165, 1.54) is 0 Å². The third-order valence-electron chi connectivity index (χ3n) is 5.70. The van der Waals surface area contributed by atoms with Crippen LogP contribution in [0.4, 0.5) is 0 Å². The number of hydrogen-bond donors (Lipinski definition) is 2. The second-order valence-corrected chi connectivity index (χ2v) is 8.63. The van der Waals surface area contributed by atoms with Crippen molar-refractivity contribution in [2.75, 3.05) is 27.4 Å². The van der Waals surface area contributed by atoms with Gasteiger partial charge in [0.2, 0.25) is 11.8 Å². The van der Waals surface area contributed by atoms with Gasteiger partial charge >= 0.3 is 0 Å². The van der Waals surface area contributed by atoms with E-state index in [9.17, 15) is 9.59 Å². The minimum Gasteiger partial charge on any atom is -0.493 e. The number of rotatable bonds is 12. The van der Waals surface area contributed by atoms with Crippen LogP contribution in [0.25, 0.3) is 0 Å². The maximum atomic E-state index is 13.8. The molecule has 0 bridgehead atoms. The van der Waals surface area contributed by atoms with Crippen LogP contribution < -0.4 is 14.8 Å². The van der Waals surface area contributed by atoms with Crippen LogP contribution in [0.1, 0.15) is 29.2 Å². The Balaban J connectivity index is 1.98. The monoisotopic (exact) mass is 510 g/mol. The second-order valence-electron chi connectivity index (χ2n) is 8.20. The van der Waals surface area contributed by atoms with Crippen molar-refractivity contribution in [2.45, 2.75) is 25.4 Å². The average molecular weight is 511 g/mol. The van der Waals surface area contributed by atoms with Gasteiger partial charge in [0.15, 0.2) is 11.5 Å². The van der Waals surface area contributed by atoms with E-state index in [2.05, 4.69) is 5.32 Å². The Labute approximate surface area is 216 Å². The molecule has 0 saturated heterocycles. The third-order valence-corrected chi connectivity index (χ3v) is 5.95. The van der Waals surface area contributed by atoms with Crippen LogP contribution in [0, 0.1) is 0 Å². The Hall–Kier alpha value is -3.55. The van der Waals surface area contributed by atoms with Crippen molar-refractivity contribution in [2.24, 2.45) is 0 Å². The summed E-state index contributed by atoms with van der Waals surface area (Å²) in [5, 5.41) is 12.6. The molecule has 3 aromatic rings. The zero-order chi connectivity index (χ0) is 25.9. The molecule has 1 atom stereocenters. The van der Waals surface area contributed by atoms with Gasteiger partial charge in [0, 0.05) is 24.7 Å². The van der Waals surface area contributed by atoms with Gasteiger partial charge in [0.1, 0.15) is 6.04 Å². The molecular weight excluding hydrogens is 480 g/mol. The predicted octanol–water partition coefficient (Wildman–Crippen LogP) is 4.17. The highest BCUT2D eigenvalue weighted by molar-refractivity contribution is 6.30. The molecule has 2 amide bonds. The number of methoxy groups -OCH3 is 2. The molecule has 0 unspecified atom stereocenters. The highest BCUT2D eigenvalue weighted by atomic mass is 35.5. The Morgan fingerprint density at radius 2 is 1.61 bits per heavy atom. The number of ether oxygens (including phenoxy) is 2. The minimum atomic E-state index is -0.867. The average Bonchev–Trinajstić information content (AvgIpc) is 2.90. The van der Waals surface area contributed by atoms with Gasteiger partial charge in [-0.25, -0.2) is 0 Å². The fraction of sp³-hybridized carbons (Fsp3) is 0.286. The van der Waals surface area contributed by atoms with E-state index in [4.69, 9.17) is 26.2 Å². The van der Waals surface area contributed by atoms with Gasteiger partial charge < -0.3 is 24.8 Å². The highest BCUT2D eigenvalue weighted by Crippen LogP contribution is 2.29. The van der Waals surface area contributed by atoms with Crippen molar-refractivity contribution in [3.63, 3.8) is 0 Å². The lowest BCUT2D eigenvalue weighted by atomic mass is 10.0. The smallest absolute Gasteiger partial charge is 0.247 e. The van der Waals surface area contributed by atoms with Crippen molar-refractivity contribution in [3.05, 3.63) is 94.5 Å². The fourth-order valence-electron chi connectivity index (χ4n) is 3.87. The van der Waals surface area contributed by atoms with Crippen molar-refractivity contribution in [1.29, 1.82) is 0 Å². The molecule has 0 aliphatic heterocycles. The van der Waals surface area contributed by atoms with Crippen LogP contribution in [-0.2, 0) is 22.6 Å². The fourth-order valence-corrected chi connectivity index (χ4v) is 4.00. The van der Waals surface area contributed by atoms with Gasteiger partial charge in [0.05, 0.1) is 20.6 Å². The number of amides is 2. The number of nitrogens with one attached hydrogen (secondary N) is 1. The van der Waals surface area contributed by atoms with E-state index in [-0.39, 0.29) is 31.4 Å². The number of nitrogens with zero attached hydrogens (tertiary/aromatic N) is 1. The molecular formula is C28H31ClN2O5. The van der Waals surface area contributed by atoms with E-state index in [0.717, 1.165) is 11.1 Å². The zero-order valence-corrected chi connectivity index (χ0v) is 21.2. The summed E-state index contributed by atoms with van der Waals surface area (Å²) in [6, 6.07) is 20.8. The van der Waals surface area contributed by atoms with Gasteiger partial charge in [-0.05, 0) is 47.4 Å². The number of benzene rings is 3. The molecule has 0 fully saturated rings. The van der Waals surface area contributed by atoms with Crippen molar-refractivity contribution in [1.82, 2.24) is 10.2 Å². The molecule has 3 rings (SSSR count). The molecule has 36 heavy (non-hydrogen) atoms.